The molecule has 4 rings (SSSR count). The average Bonchev–Trinajstić information content (AvgIpc) is 3.00. The molecular weight excluding hydrogens is 454 g/mol. The van der Waals surface area contributed by atoms with E-state index >= 15 is 0 Å². The summed E-state index contributed by atoms with van der Waals surface area (Å²) in [4.78, 5) is 31.3. The zero-order chi connectivity index (χ0) is 20.7. The third-order valence-electron chi connectivity index (χ3n) is 4.42. The molecule has 2 heterocycles. The molecule has 0 N–H and O–H groups in total. The highest BCUT2D eigenvalue weighted by molar-refractivity contribution is 6.56. The van der Waals surface area contributed by atoms with Crippen molar-refractivity contribution in [1.82, 2.24) is 4.98 Å². The van der Waals surface area contributed by atoms with Crippen LogP contribution < -0.4 is 4.90 Å². The van der Waals surface area contributed by atoms with Crippen molar-refractivity contribution < 1.29 is 9.59 Å². The first kappa shape index (κ1) is 19.9. The third-order valence-corrected chi connectivity index (χ3v) is 6.22. The minimum absolute atomic E-state index is 0.0536. The van der Waals surface area contributed by atoms with Crippen LogP contribution >= 0.6 is 46.4 Å². The van der Waals surface area contributed by atoms with Gasteiger partial charge in [0.05, 0.1) is 36.9 Å². The van der Waals surface area contributed by atoms with E-state index in [0.717, 1.165) is 10.5 Å². The topological polar surface area (TPSA) is 50.3 Å². The van der Waals surface area contributed by atoms with Gasteiger partial charge in [0.25, 0.3) is 11.8 Å². The first-order valence-corrected chi connectivity index (χ1v) is 9.85. The summed E-state index contributed by atoms with van der Waals surface area (Å²) in [6.45, 7) is 0. The zero-order valence-corrected chi connectivity index (χ0v) is 17.5. The van der Waals surface area contributed by atoms with Gasteiger partial charge >= 0.3 is 0 Å². The maximum Gasteiger partial charge on any atom is 0.267 e. The van der Waals surface area contributed by atoms with Gasteiger partial charge in [-0.1, -0.05) is 82.8 Å². The monoisotopic (exact) mass is 462 g/mol. The van der Waals surface area contributed by atoms with Crippen LogP contribution in [0.15, 0.2) is 48.8 Å². The lowest BCUT2D eigenvalue weighted by atomic mass is 10.1. The van der Waals surface area contributed by atoms with E-state index in [0.29, 0.717) is 11.3 Å². The summed E-state index contributed by atoms with van der Waals surface area (Å²) >= 11 is 24.6. The molecule has 0 bridgehead atoms. The maximum atomic E-state index is 13.1. The summed E-state index contributed by atoms with van der Waals surface area (Å²) in [5.74, 6) is -1.23. The smallest absolute Gasteiger partial charge is 0.267 e. The molecule has 0 spiro atoms. The SMILES string of the molecule is O=C1c2c(Cl)c(Cl)c(Cl)c(Cl)c2C(=O)N1c1ccccc1/C=C/c1cccnc1. The van der Waals surface area contributed by atoms with Gasteiger partial charge < -0.3 is 0 Å². The second-order valence-electron chi connectivity index (χ2n) is 6.13. The number of hydrogen-bond donors (Lipinski definition) is 0. The first-order chi connectivity index (χ1) is 13.9. The summed E-state index contributed by atoms with van der Waals surface area (Å²) < 4.78 is 0. The van der Waals surface area contributed by atoms with Crippen LogP contribution in [0, 0.1) is 0 Å². The fourth-order valence-electron chi connectivity index (χ4n) is 3.06. The van der Waals surface area contributed by atoms with Gasteiger partial charge in [-0.2, -0.15) is 0 Å². The standard InChI is InChI=1S/C21H10Cl4N2O2/c22-16-14-15(17(23)19(25)18(16)24)21(29)27(20(14)28)13-6-2-1-5-12(13)8-7-11-4-3-9-26-10-11/h1-10H/b8-7+. The number of pyridine rings is 1. The molecule has 0 unspecified atom stereocenters. The van der Waals surface area contributed by atoms with E-state index in [1.807, 2.05) is 18.2 Å². The molecule has 29 heavy (non-hydrogen) atoms. The Morgan fingerprint density at radius 2 is 1.38 bits per heavy atom. The van der Waals surface area contributed by atoms with Crippen molar-refractivity contribution in [2.75, 3.05) is 4.90 Å². The number of fused-ring (bicyclic) bond motifs is 1. The molecule has 0 radical (unpaired) electrons. The average molecular weight is 464 g/mol. The van der Waals surface area contributed by atoms with Gasteiger partial charge in [-0.25, -0.2) is 4.90 Å². The lowest BCUT2D eigenvalue weighted by Gasteiger charge is -2.16. The lowest BCUT2D eigenvalue weighted by Crippen LogP contribution is -2.30. The highest BCUT2D eigenvalue weighted by Crippen LogP contribution is 2.46. The van der Waals surface area contributed by atoms with Crippen LogP contribution in [-0.4, -0.2) is 16.8 Å². The van der Waals surface area contributed by atoms with Gasteiger partial charge in [-0.05, 0) is 23.3 Å². The van der Waals surface area contributed by atoms with Gasteiger partial charge in [-0.3, -0.25) is 14.6 Å². The summed E-state index contributed by atoms with van der Waals surface area (Å²) in [6.07, 6.45) is 7.00. The van der Waals surface area contributed by atoms with Crippen LogP contribution in [0.4, 0.5) is 5.69 Å². The molecule has 1 aromatic heterocycles. The summed E-state index contributed by atoms with van der Waals surface area (Å²) in [5.41, 5.74) is 1.80. The molecule has 2 aromatic carbocycles. The molecule has 3 aromatic rings. The van der Waals surface area contributed by atoms with E-state index < -0.39 is 11.8 Å². The Labute approximate surface area is 186 Å². The van der Waals surface area contributed by atoms with Crippen molar-refractivity contribution in [2.24, 2.45) is 0 Å². The molecule has 0 fully saturated rings. The third kappa shape index (κ3) is 3.32. The molecule has 0 saturated heterocycles. The Kier molecular flexibility index (Phi) is 5.36. The fraction of sp³-hybridized carbons (Fsp3) is 0. The molecule has 2 amide bonds. The number of halogens is 4. The van der Waals surface area contributed by atoms with Crippen molar-refractivity contribution in [2.45, 2.75) is 0 Å². The van der Waals surface area contributed by atoms with Crippen molar-refractivity contribution in [3.05, 3.63) is 91.1 Å². The molecule has 1 aliphatic rings. The lowest BCUT2D eigenvalue weighted by molar-refractivity contribution is 0.0926. The Hall–Kier alpha value is -2.37. The minimum Gasteiger partial charge on any atom is -0.268 e. The van der Waals surface area contributed by atoms with E-state index in [1.54, 1.807) is 42.7 Å². The highest BCUT2D eigenvalue weighted by Gasteiger charge is 2.42. The quantitative estimate of drug-likeness (QED) is 0.247. The number of nitrogens with zero attached hydrogens (tertiary/aromatic N) is 2. The molecule has 0 saturated carbocycles. The van der Waals surface area contributed by atoms with Gasteiger partial charge in [0.1, 0.15) is 0 Å². The number of carbonyl (C=O) groups is 2. The summed E-state index contributed by atoms with van der Waals surface area (Å²) in [7, 11) is 0. The highest BCUT2D eigenvalue weighted by atomic mass is 35.5. The van der Waals surface area contributed by atoms with Crippen LogP contribution in [0.25, 0.3) is 12.2 Å². The predicted octanol–water partition coefficient (Wildman–Crippen LogP) is 6.67. The number of aromatic nitrogens is 1. The zero-order valence-electron chi connectivity index (χ0n) is 14.5. The minimum atomic E-state index is -0.613. The molecule has 8 heteroatoms. The molecule has 0 atom stereocenters. The molecule has 0 aliphatic carbocycles. The van der Waals surface area contributed by atoms with E-state index in [1.165, 1.54) is 0 Å². The number of rotatable bonds is 3. The Balaban J connectivity index is 1.82. The van der Waals surface area contributed by atoms with E-state index in [9.17, 15) is 9.59 Å². The first-order valence-electron chi connectivity index (χ1n) is 8.33. The Morgan fingerprint density at radius 1 is 0.759 bits per heavy atom. The summed E-state index contributed by atoms with van der Waals surface area (Å²) in [6, 6.07) is 10.7. The van der Waals surface area contributed by atoms with E-state index in [-0.39, 0.29) is 31.2 Å². The molecule has 1 aliphatic heterocycles. The Morgan fingerprint density at radius 3 is 1.97 bits per heavy atom. The number of benzene rings is 2. The largest absolute Gasteiger partial charge is 0.268 e. The second kappa shape index (κ2) is 7.81. The van der Waals surface area contributed by atoms with Gasteiger partial charge in [-0.15, -0.1) is 0 Å². The van der Waals surface area contributed by atoms with Gasteiger partial charge in [0.15, 0.2) is 0 Å². The number of amides is 2. The molecular formula is C21H10Cl4N2O2. The van der Waals surface area contributed by atoms with Gasteiger partial charge in [0.2, 0.25) is 0 Å². The van der Waals surface area contributed by atoms with Crippen LogP contribution in [-0.2, 0) is 0 Å². The normalized spacial score (nSPS) is 13.4. The van der Waals surface area contributed by atoms with Crippen molar-refractivity contribution in [3.8, 4) is 0 Å². The number of anilines is 1. The van der Waals surface area contributed by atoms with Crippen molar-refractivity contribution in [3.63, 3.8) is 0 Å². The number of hydrogen-bond acceptors (Lipinski definition) is 3. The number of para-hydroxylation sites is 1. The van der Waals surface area contributed by atoms with Gasteiger partial charge in [0, 0.05) is 12.4 Å². The second-order valence-corrected chi connectivity index (χ2v) is 7.64. The van der Waals surface area contributed by atoms with Crippen molar-refractivity contribution in [1.29, 1.82) is 0 Å². The van der Waals surface area contributed by atoms with E-state index in [4.69, 9.17) is 46.4 Å². The Bertz CT molecular complexity index is 1150. The molecule has 4 nitrogen and oxygen atoms in total. The van der Waals surface area contributed by atoms with Crippen LogP contribution in [0.2, 0.25) is 20.1 Å². The maximum absolute atomic E-state index is 13.1. The van der Waals surface area contributed by atoms with E-state index in [2.05, 4.69) is 4.98 Å². The van der Waals surface area contributed by atoms with Crippen LogP contribution in [0.3, 0.4) is 0 Å². The fourth-order valence-corrected chi connectivity index (χ4v) is 4.07. The number of carbonyl (C=O) groups excluding carboxylic acids is 2. The predicted molar refractivity (Wildman–Crippen MR) is 117 cm³/mol. The number of imide groups is 1. The summed E-state index contributed by atoms with van der Waals surface area (Å²) in [5, 5.41) is -0.324. The van der Waals surface area contributed by atoms with Crippen molar-refractivity contribution >= 4 is 76.1 Å². The van der Waals surface area contributed by atoms with Crippen LogP contribution in [0.1, 0.15) is 31.8 Å². The van der Waals surface area contributed by atoms with Crippen LogP contribution in [0.5, 0.6) is 0 Å². The molecule has 144 valence electrons.